The highest BCUT2D eigenvalue weighted by Gasteiger charge is 2.17. The van der Waals surface area contributed by atoms with E-state index in [9.17, 15) is 4.79 Å². The summed E-state index contributed by atoms with van der Waals surface area (Å²) in [6.07, 6.45) is 0.717. The molecular formula is C14H10ClN3OS. The fourth-order valence-electron chi connectivity index (χ4n) is 1.91. The first kappa shape index (κ1) is 13.0. The second-order valence-corrected chi connectivity index (χ2v) is 5.62. The molecule has 0 saturated carbocycles. The Hall–Kier alpha value is -1.98. The van der Waals surface area contributed by atoms with E-state index in [0.717, 1.165) is 16.1 Å². The van der Waals surface area contributed by atoms with Crippen molar-refractivity contribution >= 4 is 29.2 Å². The maximum Gasteiger partial charge on any atom is 0.172 e. The average Bonchev–Trinajstić information content (AvgIpc) is 3.09. The first-order chi connectivity index (χ1) is 9.70. The van der Waals surface area contributed by atoms with Crippen molar-refractivity contribution < 1.29 is 4.79 Å². The van der Waals surface area contributed by atoms with Crippen LogP contribution in [0.5, 0.6) is 0 Å². The second-order valence-electron chi connectivity index (χ2n) is 4.26. The molecule has 3 rings (SSSR count). The number of nitrogens with zero attached hydrogens (tertiary/aromatic N) is 3. The van der Waals surface area contributed by atoms with Gasteiger partial charge in [-0.05, 0) is 36.1 Å². The number of aromatic nitrogens is 3. The van der Waals surface area contributed by atoms with Gasteiger partial charge in [-0.25, -0.2) is 4.68 Å². The van der Waals surface area contributed by atoms with E-state index < -0.39 is 0 Å². The Labute approximate surface area is 124 Å². The summed E-state index contributed by atoms with van der Waals surface area (Å²) in [6.45, 7) is 1.94. The molecule has 0 aliphatic rings. The molecule has 0 aliphatic heterocycles. The van der Waals surface area contributed by atoms with Crippen LogP contribution < -0.4 is 0 Å². The Kier molecular flexibility index (Phi) is 3.38. The van der Waals surface area contributed by atoms with Crippen molar-refractivity contribution in [2.24, 2.45) is 0 Å². The lowest BCUT2D eigenvalue weighted by Crippen LogP contribution is -1.99. The molecule has 0 fully saturated rings. The third-order valence-corrected chi connectivity index (χ3v) is 4.25. The lowest BCUT2D eigenvalue weighted by Gasteiger charge is -2.07. The molecule has 0 atom stereocenters. The van der Waals surface area contributed by atoms with Crippen molar-refractivity contribution in [3.63, 3.8) is 0 Å². The second kappa shape index (κ2) is 5.19. The lowest BCUT2D eigenvalue weighted by atomic mass is 10.2. The number of benzene rings is 1. The zero-order chi connectivity index (χ0) is 14.1. The molecule has 100 valence electrons. The smallest absolute Gasteiger partial charge is 0.172 e. The molecule has 0 saturated heterocycles. The molecular weight excluding hydrogens is 294 g/mol. The number of hydrogen-bond acceptors (Lipinski definition) is 4. The van der Waals surface area contributed by atoms with E-state index in [2.05, 4.69) is 10.3 Å². The van der Waals surface area contributed by atoms with Gasteiger partial charge in [0, 0.05) is 5.02 Å². The van der Waals surface area contributed by atoms with Gasteiger partial charge in [0.1, 0.15) is 5.69 Å². The SMILES string of the molecule is Cc1ccc(-n2nnc(C=O)c2-c2cccs2)cc1Cl. The summed E-state index contributed by atoms with van der Waals surface area (Å²) < 4.78 is 1.64. The molecule has 2 heterocycles. The largest absolute Gasteiger partial charge is 0.296 e. The summed E-state index contributed by atoms with van der Waals surface area (Å²) in [6, 6.07) is 9.49. The summed E-state index contributed by atoms with van der Waals surface area (Å²) in [4.78, 5) is 12.1. The number of aldehydes is 1. The molecule has 2 aromatic heterocycles. The normalized spacial score (nSPS) is 10.7. The number of hydrogen-bond donors (Lipinski definition) is 0. The molecule has 4 nitrogen and oxygen atoms in total. The van der Waals surface area contributed by atoms with Gasteiger partial charge >= 0.3 is 0 Å². The molecule has 0 amide bonds. The first-order valence-corrected chi connectivity index (χ1v) is 7.17. The van der Waals surface area contributed by atoms with Crippen LogP contribution in [0, 0.1) is 6.92 Å². The van der Waals surface area contributed by atoms with Gasteiger partial charge in [0.25, 0.3) is 0 Å². The highest BCUT2D eigenvalue weighted by atomic mass is 35.5. The van der Waals surface area contributed by atoms with Crippen LogP contribution in [0.4, 0.5) is 0 Å². The molecule has 0 N–H and O–H groups in total. The fourth-order valence-corrected chi connectivity index (χ4v) is 2.85. The third-order valence-electron chi connectivity index (χ3n) is 2.96. The first-order valence-electron chi connectivity index (χ1n) is 5.92. The summed E-state index contributed by atoms with van der Waals surface area (Å²) in [5, 5.41) is 10.6. The quantitative estimate of drug-likeness (QED) is 0.692. The minimum Gasteiger partial charge on any atom is -0.296 e. The van der Waals surface area contributed by atoms with Crippen molar-refractivity contribution in [2.75, 3.05) is 0 Å². The predicted octanol–water partition coefficient (Wildman–Crippen LogP) is 3.77. The van der Waals surface area contributed by atoms with E-state index in [4.69, 9.17) is 11.6 Å². The molecule has 0 spiro atoms. The summed E-state index contributed by atoms with van der Waals surface area (Å²) >= 11 is 7.69. The van der Waals surface area contributed by atoms with E-state index in [1.54, 1.807) is 4.68 Å². The van der Waals surface area contributed by atoms with E-state index >= 15 is 0 Å². The molecule has 0 aliphatic carbocycles. The summed E-state index contributed by atoms with van der Waals surface area (Å²) in [5.74, 6) is 0. The Bertz CT molecular complexity index is 765. The predicted molar refractivity (Wildman–Crippen MR) is 79.8 cm³/mol. The van der Waals surface area contributed by atoms with Gasteiger partial charge < -0.3 is 0 Å². The fraction of sp³-hybridized carbons (Fsp3) is 0.0714. The number of rotatable bonds is 3. The lowest BCUT2D eigenvalue weighted by molar-refractivity contribution is 0.111. The standard InChI is InChI=1S/C14H10ClN3OS/c1-9-4-5-10(7-11(9)15)18-14(12(8-19)16-17-18)13-3-2-6-20-13/h2-8H,1H3. The van der Waals surface area contributed by atoms with Crippen LogP contribution in [0.3, 0.4) is 0 Å². The van der Waals surface area contributed by atoms with Gasteiger partial charge in [-0.1, -0.05) is 28.9 Å². The topological polar surface area (TPSA) is 47.8 Å². The molecule has 20 heavy (non-hydrogen) atoms. The molecule has 3 aromatic rings. The number of thiophene rings is 1. The number of carbonyl (C=O) groups excluding carboxylic acids is 1. The zero-order valence-corrected chi connectivity index (χ0v) is 12.1. The zero-order valence-electron chi connectivity index (χ0n) is 10.6. The van der Waals surface area contributed by atoms with E-state index in [1.165, 1.54) is 11.3 Å². The van der Waals surface area contributed by atoms with Gasteiger partial charge in [0.15, 0.2) is 12.0 Å². The summed E-state index contributed by atoms with van der Waals surface area (Å²) in [7, 11) is 0. The van der Waals surface area contributed by atoms with Crippen LogP contribution in [-0.4, -0.2) is 21.3 Å². The van der Waals surface area contributed by atoms with Crippen molar-refractivity contribution in [3.05, 3.63) is 52.0 Å². The molecule has 0 unspecified atom stereocenters. The molecule has 1 aromatic carbocycles. The Morgan fingerprint density at radius 2 is 2.20 bits per heavy atom. The van der Waals surface area contributed by atoms with E-state index in [1.807, 2.05) is 42.6 Å². The van der Waals surface area contributed by atoms with Crippen molar-refractivity contribution in [1.29, 1.82) is 0 Å². The highest BCUT2D eigenvalue weighted by Crippen LogP contribution is 2.29. The molecule has 6 heteroatoms. The maximum atomic E-state index is 11.2. The monoisotopic (exact) mass is 303 g/mol. The van der Waals surface area contributed by atoms with E-state index in [0.29, 0.717) is 22.7 Å². The Morgan fingerprint density at radius 3 is 2.85 bits per heavy atom. The number of carbonyl (C=O) groups is 1. The van der Waals surface area contributed by atoms with Crippen LogP contribution in [0.1, 0.15) is 16.1 Å². The number of aryl methyl sites for hydroxylation is 1. The van der Waals surface area contributed by atoms with Gasteiger partial charge in [-0.3, -0.25) is 4.79 Å². The van der Waals surface area contributed by atoms with Crippen molar-refractivity contribution in [1.82, 2.24) is 15.0 Å². The highest BCUT2D eigenvalue weighted by molar-refractivity contribution is 7.13. The van der Waals surface area contributed by atoms with Gasteiger partial charge in [-0.2, -0.15) is 0 Å². The Balaban J connectivity index is 2.21. The van der Waals surface area contributed by atoms with Gasteiger partial charge in [0.05, 0.1) is 10.6 Å². The van der Waals surface area contributed by atoms with Crippen molar-refractivity contribution in [2.45, 2.75) is 6.92 Å². The number of halogens is 1. The average molecular weight is 304 g/mol. The molecule has 0 radical (unpaired) electrons. The van der Waals surface area contributed by atoms with Crippen LogP contribution in [-0.2, 0) is 0 Å². The third kappa shape index (κ3) is 2.15. The van der Waals surface area contributed by atoms with E-state index in [-0.39, 0.29) is 0 Å². The van der Waals surface area contributed by atoms with Crippen LogP contribution in [0.15, 0.2) is 35.7 Å². The van der Waals surface area contributed by atoms with Crippen LogP contribution in [0.25, 0.3) is 16.3 Å². The van der Waals surface area contributed by atoms with Gasteiger partial charge in [-0.15, -0.1) is 16.4 Å². The van der Waals surface area contributed by atoms with Gasteiger partial charge in [0.2, 0.25) is 0 Å². The van der Waals surface area contributed by atoms with Crippen molar-refractivity contribution in [3.8, 4) is 16.3 Å². The minimum atomic E-state index is 0.323. The minimum absolute atomic E-state index is 0.323. The maximum absolute atomic E-state index is 11.2. The van der Waals surface area contributed by atoms with Crippen LogP contribution in [0.2, 0.25) is 5.02 Å². The molecule has 0 bridgehead atoms. The summed E-state index contributed by atoms with van der Waals surface area (Å²) in [5.41, 5.74) is 2.78. The Morgan fingerprint density at radius 1 is 1.35 bits per heavy atom. The van der Waals surface area contributed by atoms with Crippen LogP contribution >= 0.6 is 22.9 Å².